The Morgan fingerprint density at radius 1 is 1.37 bits per heavy atom. The Morgan fingerprint density at radius 2 is 2.16 bits per heavy atom. The van der Waals surface area contributed by atoms with Crippen molar-refractivity contribution >= 4 is 23.2 Å². The summed E-state index contributed by atoms with van der Waals surface area (Å²) in [6.07, 6.45) is 0. The lowest BCUT2D eigenvalue weighted by Crippen LogP contribution is -1.97. The fourth-order valence-corrected chi connectivity index (χ4v) is 1.93. The molecule has 0 N–H and O–H groups in total. The van der Waals surface area contributed by atoms with Gasteiger partial charge in [0.05, 0.1) is 18.7 Å². The van der Waals surface area contributed by atoms with Crippen molar-refractivity contribution in [1.82, 2.24) is 10.1 Å². The molecule has 0 aliphatic carbocycles. The summed E-state index contributed by atoms with van der Waals surface area (Å²) in [4.78, 5) is 4.13. The number of ether oxygens (including phenoxy) is 2. The van der Waals surface area contributed by atoms with Gasteiger partial charge in [0.25, 0.3) is 0 Å². The molecule has 0 saturated carbocycles. The smallest absolute Gasteiger partial charge is 0.241 e. The van der Waals surface area contributed by atoms with Crippen molar-refractivity contribution in [2.75, 3.05) is 13.7 Å². The van der Waals surface area contributed by atoms with E-state index in [1.54, 1.807) is 19.2 Å². The summed E-state index contributed by atoms with van der Waals surface area (Å²) in [5, 5.41) is 4.25. The standard InChI is InChI=1S/C12H12Cl2N2O3/c1-3-18-11-8(14)4-7(5-9(11)17-2)12-15-10(6-13)19-16-12/h4-5H,3,6H2,1-2H3. The minimum atomic E-state index is 0.162. The van der Waals surface area contributed by atoms with Gasteiger partial charge in [-0.05, 0) is 19.1 Å². The second-order valence-corrected chi connectivity index (χ2v) is 4.24. The average molecular weight is 303 g/mol. The molecule has 0 aliphatic heterocycles. The molecule has 0 fully saturated rings. The molecule has 0 saturated heterocycles. The Hall–Kier alpha value is -1.46. The molecule has 0 radical (unpaired) electrons. The third-order valence-corrected chi connectivity index (χ3v) is 2.87. The highest BCUT2D eigenvalue weighted by Gasteiger charge is 2.15. The number of alkyl halides is 1. The van der Waals surface area contributed by atoms with Crippen LogP contribution in [0.25, 0.3) is 11.4 Å². The highest BCUT2D eigenvalue weighted by molar-refractivity contribution is 6.32. The second kappa shape index (κ2) is 6.12. The number of benzene rings is 1. The topological polar surface area (TPSA) is 57.4 Å². The Kier molecular flexibility index (Phi) is 4.50. The van der Waals surface area contributed by atoms with Gasteiger partial charge in [-0.25, -0.2) is 0 Å². The zero-order valence-corrected chi connectivity index (χ0v) is 12.0. The molecule has 0 aliphatic rings. The lowest BCUT2D eigenvalue weighted by atomic mass is 10.2. The van der Waals surface area contributed by atoms with Crippen LogP contribution in [0.4, 0.5) is 0 Å². The minimum Gasteiger partial charge on any atom is -0.493 e. The van der Waals surface area contributed by atoms with Crippen LogP contribution in [0.2, 0.25) is 5.02 Å². The molecule has 0 atom stereocenters. The van der Waals surface area contributed by atoms with E-state index >= 15 is 0 Å². The first kappa shape index (κ1) is 14.0. The van der Waals surface area contributed by atoms with Crippen molar-refractivity contribution in [3.05, 3.63) is 23.0 Å². The fraction of sp³-hybridized carbons (Fsp3) is 0.333. The molecule has 1 aromatic carbocycles. The molecule has 7 heteroatoms. The number of methoxy groups -OCH3 is 1. The van der Waals surface area contributed by atoms with Gasteiger partial charge in [0, 0.05) is 5.56 Å². The van der Waals surface area contributed by atoms with Gasteiger partial charge >= 0.3 is 0 Å². The predicted octanol–water partition coefficient (Wildman–Crippen LogP) is 3.54. The van der Waals surface area contributed by atoms with Crippen LogP contribution in [0.15, 0.2) is 16.7 Å². The number of rotatable bonds is 5. The summed E-state index contributed by atoms with van der Waals surface area (Å²) in [5.41, 5.74) is 0.672. The van der Waals surface area contributed by atoms with Crippen molar-refractivity contribution in [1.29, 1.82) is 0 Å². The summed E-state index contributed by atoms with van der Waals surface area (Å²) in [6.45, 7) is 2.36. The molecular weight excluding hydrogens is 291 g/mol. The maximum absolute atomic E-state index is 6.17. The van der Waals surface area contributed by atoms with Crippen molar-refractivity contribution in [2.45, 2.75) is 12.8 Å². The van der Waals surface area contributed by atoms with Gasteiger partial charge in [0.15, 0.2) is 11.5 Å². The van der Waals surface area contributed by atoms with Crippen LogP contribution in [-0.4, -0.2) is 23.9 Å². The van der Waals surface area contributed by atoms with Crippen LogP contribution < -0.4 is 9.47 Å². The van der Waals surface area contributed by atoms with Crippen molar-refractivity contribution in [2.24, 2.45) is 0 Å². The molecular formula is C12H12Cl2N2O3. The quantitative estimate of drug-likeness (QED) is 0.791. The Labute approximate surface area is 120 Å². The zero-order chi connectivity index (χ0) is 13.8. The van der Waals surface area contributed by atoms with Crippen LogP contribution >= 0.6 is 23.2 Å². The van der Waals surface area contributed by atoms with Crippen molar-refractivity contribution < 1.29 is 14.0 Å². The SMILES string of the molecule is CCOc1c(Cl)cc(-c2noc(CCl)n2)cc1OC. The zero-order valence-electron chi connectivity index (χ0n) is 10.4. The highest BCUT2D eigenvalue weighted by atomic mass is 35.5. The van der Waals surface area contributed by atoms with Gasteiger partial charge < -0.3 is 14.0 Å². The molecule has 0 unspecified atom stereocenters. The third-order valence-electron chi connectivity index (χ3n) is 2.36. The van der Waals surface area contributed by atoms with E-state index in [1.807, 2.05) is 6.92 Å². The van der Waals surface area contributed by atoms with Gasteiger partial charge in [-0.15, -0.1) is 11.6 Å². The van der Waals surface area contributed by atoms with Gasteiger partial charge in [-0.3, -0.25) is 0 Å². The first-order chi connectivity index (χ1) is 9.19. The molecule has 1 aromatic heterocycles. The van der Waals surface area contributed by atoms with E-state index in [2.05, 4.69) is 10.1 Å². The summed E-state index contributed by atoms with van der Waals surface area (Å²) < 4.78 is 15.6. The molecule has 2 aromatic rings. The lowest BCUT2D eigenvalue weighted by molar-refractivity contribution is 0.311. The molecule has 0 spiro atoms. The first-order valence-corrected chi connectivity index (χ1v) is 6.50. The summed E-state index contributed by atoms with van der Waals surface area (Å²) in [5.74, 6) is 1.92. The number of nitrogens with zero attached hydrogens (tertiary/aromatic N) is 2. The van der Waals surface area contributed by atoms with Crippen LogP contribution in [0.5, 0.6) is 11.5 Å². The number of hydrogen-bond donors (Lipinski definition) is 0. The van der Waals surface area contributed by atoms with Gasteiger partial charge in [0.1, 0.15) is 5.88 Å². The molecule has 0 amide bonds. The van der Waals surface area contributed by atoms with Crippen LogP contribution in [0.3, 0.4) is 0 Å². The number of hydrogen-bond acceptors (Lipinski definition) is 5. The Balaban J connectivity index is 2.44. The van der Waals surface area contributed by atoms with Crippen LogP contribution in [0.1, 0.15) is 12.8 Å². The average Bonchev–Trinajstić information content (AvgIpc) is 2.89. The summed E-state index contributed by atoms with van der Waals surface area (Å²) >= 11 is 11.8. The van der Waals surface area contributed by atoms with Gasteiger partial charge in [-0.2, -0.15) is 4.98 Å². The van der Waals surface area contributed by atoms with Crippen molar-refractivity contribution in [3.63, 3.8) is 0 Å². The number of halogens is 2. The van der Waals surface area contributed by atoms with E-state index in [0.717, 1.165) is 0 Å². The van der Waals surface area contributed by atoms with E-state index in [1.165, 1.54) is 0 Å². The summed E-state index contributed by atoms with van der Waals surface area (Å²) in [7, 11) is 1.54. The van der Waals surface area contributed by atoms with Gasteiger partial charge in [0.2, 0.25) is 11.7 Å². The monoisotopic (exact) mass is 302 g/mol. The normalized spacial score (nSPS) is 10.5. The minimum absolute atomic E-state index is 0.162. The molecule has 102 valence electrons. The van der Waals surface area contributed by atoms with E-state index in [9.17, 15) is 0 Å². The molecule has 2 rings (SSSR count). The molecule has 5 nitrogen and oxygen atoms in total. The lowest BCUT2D eigenvalue weighted by Gasteiger charge is -2.11. The van der Waals surface area contributed by atoms with E-state index in [4.69, 9.17) is 37.2 Å². The predicted molar refractivity (Wildman–Crippen MR) is 72.0 cm³/mol. The maximum Gasteiger partial charge on any atom is 0.241 e. The largest absolute Gasteiger partial charge is 0.493 e. The van der Waals surface area contributed by atoms with Crippen LogP contribution in [-0.2, 0) is 5.88 Å². The highest BCUT2D eigenvalue weighted by Crippen LogP contribution is 2.38. The third kappa shape index (κ3) is 2.93. The summed E-state index contributed by atoms with van der Waals surface area (Å²) in [6, 6.07) is 3.43. The molecule has 19 heavy (non-hydrogen) atoms. The molecule has 1 heterocycles. The van der Waals surface area contributed by atoms with E-state index in [0.29, 0.717) is 40.4 Å². The Morgan fingerprint density at radius 3 is 2.74 bits per heavy atom. The second-order valence-electron chi connectivity index (χ2n) is 3.57. The van der Waals surface area contributed by atoms with E-state index < -0.39 is 0 Å². The maximum atomic E-state index is 6.17. The molecule has 0 bridgehead atoms. The van der Waals surface area contributed by atoms with Crippen molar-refractivity contribution in [3.8, 4) is 22.9 Å². The van der Waals surface area contributed by atoms with Gasteiger partial charge in [-0.1, -0.05) is 16.8 Å². The number of aromatic nitrogens is 2. The fourth-order valence-electron chi connectivity index (χ4n) is 1.56. The van der Waals surface area contributed by atoms with Crippen LogP contribution in [0, 0.1) is 0 Å². The Bertz CT molecular complexity index is 572. The first-order valence-electron chi connectivity index (χ1n) is 5.58. The van der Waals surface area contributed by atoms with E-state index in [-0.39, 0.29) is 5.88 Å².